The second-order valence-electron chi connectivity index (χ2n) is 6.87. The van der Waals surface area contributed by atoms with Crippen LogP contribution < -0.4 is 11.2 Å². The van der Waals surface area contributed by atoms with Gasteiger partial charge in [-0.25, -0.2) is 4.79 Å². The smallest absolute Gasteiger partial charge is 0.330 e. The van der Waals surface area contributed by atoms with Crippen LogP contribution in [0.2, 0.25) is 0 Å². The molecule has 1 fully saturated rings. The first kappa shape index (κ1) is 18.2. The Bertz CT molecular complexity index is 747. The van der Waals surface area contributed by atoms with Crippen molar-refractivity contribution in [2.24, 2.45) is 14.1 Å². The van der Waals surface area contributed by atoms with Gasteiger partial charge in [0.15, 0.2) is 0 Å². The van der Waals surface area contributed by atoms with Gasteiger partial charge in [0, 0.05) is 20.3 Å². The predicted molar refractivity (Wildman–Crippen MR) is 91.9 cm³/mol. The van der Waals surface area contributed by atoms with Gasteiger partial charge >= 0.3 is 5.69 Å². The van der Waals surface area contributed by atoms with E-state index in [1.807, 2.05) is 0 Å². The van der Waals surface area contributed by atoms with E-state index in [2.05, 4.69) is 19.6 Å². The number of aliphatic hydroxyl groups excluding tert-OH is 2. The summed E-state index contributed by atoms with van der Waals surface area (Å²) in [5, 5.41) is 20.5. The Kier molecular flexibility index (Phi) is 5.06. The Morgan fingerprint density at radius 2 is 1.87 bits per heavy atom. The van der Waals surface area contributed by atoms with Crippen molar-refractivity contribution in [1.29, 1.82) is 0 Å². The van der Waals surface area contributed by atoms with E-state index in [0.29, 0.717) is 6.42 Å². The molecule has 1 aliphatic rings. The van der Waals surface area contributed by atoms with Gasteiger partial charge < -0.3 is 19.5 Å². The molecule has 0 radical (unpaired) electrons. The Labute approximate surface area is 135 Å². The minimum Gasteiger partial charge on any atom is -0.388 e. The van der Waals surface area contributed by atoms with Crippen LogP contribution in [0, 0.1) is 0 Å². The molecular formula is C15H25N2O5P. The molecule has 0 saturated carbocycles. The van der Waals surface area contributed by atoms with E-state index in [0.717, 1.165) is 10.7 Å². The molecule has 0 aliphatic carbocycles. The monoisotopic (exact) mass is 344 g/mol. The highest BCUT2D eigenvalue weighted by molar-refractivity contribution is 7.72. The van der Waals surface area contributed by atoms with Crippen molar-refractivity contribution in [3.63, 3.8) is 0 Å². The summed E-state index contributed by atoms with van der Waals surface area (Å²) in [7, 11) is 2.90. The van der Waals surface area contributed by atoms with Crippen molar-refractivity contribution >= 4 is 13.2 Å². The maximum Gasteiger partial charge on any atom is 0.330 e. The lowest BCUT2D eigenvalue weighted by molar-refractivity contribution is 0.00476. The summed E-state index contributed by atoms with van der Waals surface area (Å²) in [5.41, 5.74) is -0.797. The third-order valence-corrected chi connectivity index (χ3v) is 5.63. The molecule has 0 spiro atoms. The molecule has 4 atom stereocenters. The van der Waals surface area contributed by atoms with Crippen LogP contribution in [-0.2, 0) is 18.8 Å². The van der Waals surface area contributed by atoms with Crippen molar-refractivity contribution < 1.29 is 14.9 Å². The summed E-state index contributed by atoms with van der Waals surface area (Å²) < 4.78 is 7.99. The van der Waals surface area contributed by atoms with Gasteiger partial charge in [0.05, 0.1) is 11.7 Å². The number of hydrogen-bond donors (Lipinski definition) is 2. The first-order valence-corrected chi connectivity index (χ1v) is 10.5. The number of hydrogen-bond acceptors (Lipinski definition) is 5. The SMILES string of the molecule is C=P(C)(C)CCC1O[C@@H](c2cn(C)c(=O)n(C)c2=O)[C@H](O)[C@@H]1O. The molecular weight excluding hydrogens is 319 g/mol. The van der Waals surface area contributed by atoms with Gasteiger partial charge in [-0.15, -0.1) is 13.2 Å². The van der Waals surface area contributed by atoms with E-state index in [4.69, 9.17) is 4.74 Å². The zero-order chi connectivity index (χ0) is 17.5. The molecule has 7 nitrogen and oxygen atoms in total. The molecule has 1 aromatic rings. The van der Waals surface area contributed by atoms with Gasteiger partial charge in [-0.1, -0.05) is 0 Å². The predicted octanol–water partition coefficient (Wildman–Crippen LogP) is -0.655. The molecule has 2 N–H and O–H groups in total. The summed E-state index contributed by atoms with van der Waals surface area (Å²) >= 11 is 0. The number of ether oxygens (including phenoxy) is 1. The van der Waals surface area contributed by atoms with Gasteiger partial charge in [-0.2, -0.15) is 0 Å². The molecule has 130 valence electrons. The number of nitrogens with zero attached hydrogens (tertiary/aromatic N) is 2. The lowest BCUT2D eigenvalue weighted by Crippen LogP contribution is -2.40. The molecule has 1 unspecified atom stereocenters. The van der Waals surface area contributed by atoms with Crippen LogP contribution in [0.15, 0.2) is 15.8 Å². The van der Waals surface area contributed by atoms with Gasteiger partial charge in [-0.05, 0) is 25.9 Å². The first-order chi connectivity index (χ1) is 10.5. The fourth-order valence-corrected chi connectivity index (χ4v) is 3.71. The highest BCUT2D eigenvalue weighted by Crippen LogP contribution is 2.40. The highest BCUT2D eigenvalue weighted by Gasteiger charge is 2.44. The molecule has 2 rings (SSSR count). The molecule has 1 aromatic heterocycles. The van der Waals surface area contributed by atoms with Crippen LogP contribution in [-0.4, -0.2) is 63.5 Å². The summed E-state index contributed by atoms with van der Waals surface area (Å²) in [6.07, 6.45) is 3.14. The van der Waals surface area contributed by atoms with E-state index in [-0.39, 0.29) is 5.56 Å². The van der Waals surface area contributed by atoms with Gasteiger partial charge in [0.25, 0.3) is 5.56 Å². The quantitative estimate of drug-likeness (QED) is 0.708. The minimum absolute atomic E-state index is 0.173. The molecule has 23 heavy (non-hydrogen) atoms. The van der Waals surface area contributed by atoms with E-state index in [1.54, 1.807) is 0 Å². The second kappa shape index (κ2) is 6.40. The van der Waals surface area contributed by atoms with Crippen LogP contribution in [0.4, 0.5) is 0 Å². The molecule has 1 aliphatic heterocycles. The van der Waals surface area contributed by atoms with Gasteiger partial charge in [0.2, 0.25) is 0 Å². The summed E-state index contributed by atoms with van der Waals surface area (Å²) in [5.74, 6) is 0. The van der Waals surface area contributed by atoms with E-state index in [9.17, 15) is 19.8 Å². The zero-order valence-electron chi connectivity index (χ0n) is 14.0. The third-order valence-electron chi connectivity index (χ3n) is 4.16. The molecule has 1 saturated heterocycles. The summed E-state index contributed by atoms with van der Waals surface area (Å²) in [4.78, 5) is 24.0. The Balaban J connectivity index is 2.30. The lowest BCUT2D eigenvalue weighted by atomic mass is 10.0. The average Bonchev–Trinajstić information content (AvgIpc) is 2.74. The Hall–Kier alpha value is -1.14. The number of aromatic nitrogens is 2. The van der Waals surface area contributed by atoms with Crippen LogP contribution in [0.5, 0.6) is 0 Å². The van der Waals surface area contributed by atoms with E-state index in [1.165, 1.54) is 24.9 Å². The molecule has 8 heteroatoms. The number of aliphatic hydroxyl groups is 2. The van der Waals surface area contributed by atoms with Gasteiger partial charge in [0.1, 0.15) is 18.3 Å². The lowest BCUT2D eigenvalue weighted by Gasteiger charge is -2.18. The second-order valence-corrected chi connectivity index (χ2v) is 11.2. The van der Waals surface area contributed by atoms with Crippen LogP contribution in [0.1, 0.15) is 18.1 Å². The van der Waals surface area contributed by atoms with Crippen LogP contribution in [0.25, 0.3) is 0 Å². The Morgan fingerprint density at radius 1 is 1.26 bits per heavy atom. The fraction of sp³-hybridized carbons (Fsp3) is 0.667. The third kappa shape index (κ3) is 3.69. The van der Waals surface area contributed by atoms with Crippen molar-refractivity contribution in [2.45, 2.75) is 30.8 Å². The Morgan fingerprint density at radius 3 is 2.43 bits per heavy atom. The average molecular weight is 344 g/mol. The van der Waals surface area contributed by atoms with Crippen LogP contribution in [0.3, 0.4) is 0 Å². The fourth-order valence-electron chi connectivity index (χ4n) is 2.75. The summed E-state index contributed by atoms with van der Waals surface area (Å²) in [6, 6.07) is 0. The molecule has 2 heterocycles. The highest BCUT2D eigenvalue weighted by atomic mass is 31.2. The van der Waals surface area contributed by atoms with Gasteiger partial charge in [-0.3, -0.25) is 9.36 Å². The van der Waals surface area contributed by atoms with Crippen molar-refractivity contribution in [2.75, 3.05) is 19.5 Å². The zero-order valence-corrected chi connectivity index (χ0v) is 14.9. The first-order valence-electron chi connectivity index (χ1n) is 7.48. The maximum absolute atomic E-state index is 12.3. The number of rotatable bonds is 4. The summed E-state index contributed by atoms with van der Waals surface area (Å²) in [6.45, 7) is 2.90. The van der Waals surface area contributed by atoms with E-state index < -0.39 is 42.6 Å². The molecule has 0 bridgehead atoms. The van der Waals surface area contributed by atoms with Crippen molar-refractivity contribution in [3.8, 4) is 0 Å². The number of aryl methyl sites for hydroxylation is 1. The standard InChI is InChI=1S/C15H25N2O5P/c1-16-8-9(14(20)17(2)15(16)21)13-12(19)11(18)10(22-13)6-7-23(3,4)5/h8,10-13,18-19H,3,6-7H2,1-2,4-5H3/t10?,11-,12-,13+/m1/s1. The van der Waals surface area contributed by atoms with Crippen molar-refractivity contribution in [1.82, 2.24) is 9.13 Å². The maximum atomic E-state index is 12.3. The minimum atomic E-state index is -1.27. The molecule has 0 aromatic carbocycles. The van der Waals surface area contributed by atoms with Crippen LogP contribution >= 0.6 is 6.89 Å². The largest absolute Gasteiger partial charge is 0.388 e. The topological polar surface area (TPSA) is 93.7 Å². The molecule has 0 amide bonds. The van der Waals surface area contributed by atoms with Crippen molar-refractivity contribution in [3.05, 3.63) is 32.6 Å². The normalized spacial score (nSPS) is 28.3. The van der Waals surface area contributed by atoms with E-state index >= 15 is 0 Å².